The standard InChI is InChI=1S/C14H21N3O2S/c1-18-7-8-20-14-13(15-4-5-16-14)19-12-10-17-6-2-3-11(12)9-17/h4-5,11-12H,2-3,6-10H2,1H3. The maximum absolute atomic E-state index is 6.17. The molecule has 0 radical (unpaired) electrons. The van der Waals surface area contributed by atoms with Crippen LogP contribution in [0.25, 0.3) is 0 Å². The van der Waals surface area contributed by atoms with E-state index >= 15 is 0 Å². The van der Waals surface area contributed by atoms with Crippen LogP contribution in [0.3, 0.4) is 0 Å². The monoisotopic (exact) mass is 295 g/mol. The molecule has 0 saturated carbocycles. The van der Waals surface area contributed by atoms with E-state index in [0.29, 0.717) is 18.4 Å². The molecule has 0 N–H and O–H groups in total. The van der Waals surface area contributed by atoms with Crippen molar-refractivity contribution in [1.29, 1.82) is 0 Å². The molecule has 2 bridgehead atoms. The zero-order valence-electron chi connectivity index (χ0n) is 11.8. The van der Waals surface area contributed by atoms with E-state index in [9.17, 15) is 0 Å². The molecule has 2 saturated heterocycles. The third kappa shape index (κ3) is 3.24. The molecule has 2 aliphatic heterocycles. The second-order valence-corrected chi connectivity index (χ2v) is 6.41. The lowest BCUT2D eigenvalue weighted by Crippen LogP contribution is -2.26. The fourth-order valence-corrected chi connectivity index (χ4v) is 3.76. The van der Waals surface area contributed by atoms with Crippen molar-refractivity contribution in [2.75, 3.05) is 39.1 Å². The van der Waals surface area contributed by atoms with Crippen LogP contribution in [0.5, 0.6) is 5.88 Å². The number of piperidine rings is 1. The van der Waals surface area contributed by atoms with E-state index in [0.717, 1.165) is 17.3 Å². The van der Waals surface area contributed by atoms with E-state index in [-0.39, 0.29) is 6.10 Å². The first-order valence-electron chi connectivity index (χ1n) is 7.18. The number of fused-ring (bicyclic) bond motifs is 2. The molecule has 0 aliphatic carbocycles. The van der Waals surface area contributed by atoms with Gasteiger partial charge in [0.05, 0.1) is 6.61 Å². The Kier molecular flexibility index (Phi) is 4.75. The molecule has 0 aromatic carbocycles. The Bertz CT molecular complexity index is 446. The highest BCUT2D eigenvalue weighted by Crippen LogP contribution is 2.32. The quantitative estimate of drug-likeness (QED) is 0.588. The van der Waals surface area contributed by atoms with E-state index in [1.54, 1.807) is 31.3 Å². The molecule has 6 heteroatoms. The van der Waals surface area contributed by atoms with Gasteiger partial charge in [-0.05, 0) is 19.4 Å². The molecule has 110 valence electrons. The highest BCUT2D eigenvalue weighted by atomic mass is 32.2. The molecule has 1 aromatic rings. The molecule has 0 amide bonds. The Labute approximate surface area is 124 Å². The van der Waals surface area contributed by atoms with Gasteiger partial charge in [0, 0.05) is 44.3 Å². The lowest BCUT2D eigenvalue weighted by atomic mass is 9.99. The third-order valence-corrected chi connectivity index (χ3v) is 4.85. The number of hydrogen-bond acceptors (Lipinski definition) is 6. The summed E-state index contributed by atoms with van der Waals surface area (Å²) >= 11 is 1.64. The summed E-state index contributed by atoms with van der Waals surface area (Å²) < 4.78 is 11.3. The topological polar surface area (TPSA) is 47.5 Å². The van der Waals surface area contributed by atoms with Gasteiger partial charge in [0.25, 0.3) is 0 Å². The van der Waals surface area contributed by atoms with Crippen LogP contribution < -0.4 is 4.74 Å². The van der Waals surface area contributed by atoms with Gasteiger partial charge in [-0.25, -0.2) is 9.97 Å². The van der Waals surface area contributed by atoms with Crippen LogP contribution in [0.2, 0.25) is 0 Å². The minimum Gasteiger partial charge on any atom is -0.471 e. The second kappa shape index (κ2) is 6.74. The molecule has 5 nitrogen and oxygen atoms in total. The number of thioether (sulfide) groups is 1. The Hall–Kier alpha value is -0.850. The van der Waals surface area contributed by atoms with E-state index in [4.69, 9.17) is 9.47 Å². The lowest BCUT2D eigenvalue weighted by Gasteiger charge is -2.22. The van der Waals surface area contributed by atoms with E-state index < -0.39 is 0 Å². The number of methoxy groups -OCH3 is 1. The minimum atomic E-state index is 0.274. The first kappa shape index (κ1) is 14.1. The highest BCUT2D eigenvalue weighted by molar-refractivity contribution is 7.99. The number of aromatic nitrogens is 2. The van der Waals surface area contributed by atoms with Crippen LogP contribution in [0, 0.1) is 5.92 Å². The van der Waals surface area contributed by atoms with Gasteiger partial charge in [0.15, 0.2) is 5.03 Å². The molecule has 3 unspecified atom stereocenters. The summed E-state index contributed by atoms with van der Waals surface area (Å²) in [5.41, 5.74) is 0. The maximum atomic E-state index is 6.17. The van der Waals surface area contributed by atoms with Crippen LogP contribution in [-0.2, 0) is 4.74 Å². The number of rotatable bonds is 6. The number of ether oxygens (including phenoxy) is 2. The molecule has 0 spiro atoms. The van der Waals surface area contributed by atoms with Gasteiger partial charge in [-0.1, -0.05) is 11.8 Å². The van der Waals surface area contributed by atoms with Gasteiger partial charge in [-0.2, -0.15) is 0 Å². The number of hydrogen-bond donors (Lipinski definition) is 0. The smallest absolute Gasteiger partial charge is 0.247 e. The van der Waals surface area contributed by atoms with E-state index in [1.165, 1.54) is 25.9 Å². The summed E-state index contributed by atoms with van der Waals surface area (Å²) in [6.07, 6.45) is 6.26. The molecular formula is C14H21N3O2S. The predicted molar refractivity (Wildman–Crippen MR) is 78.2 cm³/mol. The van der Waals surface area contributed by atoms with Gasteiger partial charge in [-0.3, -0.25) is 4.90 Å². The Morgan fingerprint density at radius 3 is 3.10 bits per heavy atom. The summed E-state index contributed by atoms with van der Waals surface area (Å²) in [4.78, 5) is 11.2. The zero-order chi connectivity index (χ0) is 13.8. The van der Waals surface area contributed by atoms with Gasteiger partial charge < -0.3 is 9.47 Å². The molecule has 3 rings (SSSR count). The Balaban J connectivity index is 1.64. The first-order chi connectivity index (χ1) is 9.86. The largest absolute Gasteiger partial charge is 0.471 e. The molecular weight excluding hydrogens is 274 g/mol. The summed E-state index contributed by atoms with van der Waals surface area (Å²) in [6.45, 7) is 4.13. The number of nitrogens with zero attached hydrogens (tertiary/aromatic N) is 3. The summed E-state index contributed by atoms with van der Waals surface area (Å²) in [5.74, 6) is 2.21. The van der Waals surface area contributed by atoms with Crippen molar-refractivity contribution in [2.24, 2.45) is 5.92 Å². The summed E-state index contributed by atoms with van der Waals surface area (Å²) in [6, 6.07) is 0. The zero-order valence-corrected chi connectivity index (χ0v) is 12.6. The van der Waals surface area contributed by atoms with Crippen molar-refractivity contribution < 1.29 is 9.47 Å². The summed E-state index contributed by atoms with van der Waals surface area (Å²) in [5, 5.41) is 0.876. The highest BCUT2D eigenvalue weighted by Gasteiger charge is 2.37. The fourth-order valence-electron chi connectivity index (χ4n) is 2.96. The van der Waals surface area contributed by atoms with Gasteiger partial charge in [0.2, 0.25) is 5.88 Å². The fraction of sp³-hybridized carbons (Fsp3) is 0.714. The van der Waals surface area contributed by atoms with Crippen molar-refractivity contribution in [3.63, 3.8) is 0 Å². The van der Waals surface area contributed by atoms with Crippen LogP contribution in [0.4, 0.5) is 0 Å². The molecule has 2 fully saturated rings. The maximum Gasteiger partial charge on any atom is 0.247 e. The minimum absolute atomic E-state index is 0.274. The molecule has 2 aliphatic rings. The van der Waals surface area contributed by atoms with Crippen LogP contribution in [-0.4, -0.2) is 60.1 Å². The SMILES string of the molecule is COCCSc1nccnc1OC1CN2CCCC1C2. The van der Waals surface area contributed by atoms with Crippen molar-refractivity contribution in [2.45, 2.75) is 24.0 Å². The van der Waals surface area contributed by atoms with Crippen LogP contribution in [0.15, 0.2) is 17.4 Å². The lowest BCUT2D eigenvalue weighted by molar-refractivity contribution is 0.157. The van der Waals surface area contributed by atoms with Crippen LogP contribution >= 0.6 is 11.8 Å². The van der Waals surface area contributed by atoms with Crippen molar-refractivity contribution in [3.05, 3.63) is 12.4 Å². The second-order valence-electron chi connectivity index (χ2n) is 5.33. The van der Waals surface area contributed by atoms with Gasteiger partial charge >= 0.3 is 0 Å². The van der Waals surface area contributed by atoms with E-state index in [1.807, 2.05) is 0 Å². The molecule has 1 aromatic heterocycles. The molecule has 20 heavy (non-hydrogen) atoms. The third-order valence-electron chi connectivity index (χ3n) is 3.93. The predicted octanol–water partition coefficient (Wildman–Crippen LogP) is 1.69. The first-order valence-corrected chi connectivity index (χ1v) is 8.17. The Morgan fingerprint density at radius 2 is 2.25 bits per heavy atom. The molecule has 3 heterocycles. The van der Waals surface area contributed by atoms with E-state index in [2.05, 4.69) is 14.9 Å². The van der Waals surface area contributed by atoms with Crippen molar-refractivity contribution in [3.8, 4) is 5.88 Å². The average molecular weight is 295 g/mol. The Morgan fingerprint density at radius 1 is 1.35 bits per heavy atom. The normalized spacial score (nSPS) is 28.6. The van der Waals surface area contributed by atoms with Gasteiger partial charge in [-0.15, -0.1) is 0 Å². The summed E-state index contributed by atoms with van der Waals surface area (Å²) in [7, 11) is 1.71. The molecule has 3 atom stereocenters. The van der Waals surface area contributed by atoms with Gasteiger partial charge in [0.1, 0.15) is 6.10 Å². The average Bonchev–Trinajstić information content (AvgIpc) is 2.75. The van der Waals surface area contributed by atoms with Crippen molar-refractivity contribution >= 4 is 11.8 Å². The van der Waals surface area contributed by atoms with Crippen LogP contribution in [0.1, 0.15) is 12.8 Å². The van der Waals surface area contributed by atoms with Crippen molar-refractivity contribution in [1.82, 2.24) is 14.9 Å².